The van der Waals surface area contributed by atoms with Crippen LogP contribution >= 0.6 is 0 Å². The average molecular weight is 271 g/mol. The summed E-state index contributed by atoms with van der Waals surface area (Å²) >= 11 is 0. The fourth-order valence-corrected chi connectivity index (χ4v) is 2.32. The number of methoxy groups -OCH3 is 1. The van der Waals surface area contributed by atoms with Gasteiger partial charge in [0.15, 0.2) is 5.43 Å². The molecular weight excluding hydrogens is 260 g/mol. The highest BCUT2D eigenvalue weighted by molar-refractivity contribution is 6.05. The Morgan fingerprint density at radius 2 is 1.95 bits per heavy atom. The third-order valence-corrected chi connectivity index (χ3v) is 3.20. The lowest BCUT2D eigenvalue weighted by Crippen LogP contribution is -2.05. The first-order valence-corrected chi connectivity index (χ1v) is 5.96. The molecule has 0 saturated carbocycles. The Hall–Kier alpha value is -2.69. The van der Waals surface area contributed by atoms with Gasteiger partial charge in [0.25, 0.3) is 0 Å². The second kappa shape index (κ2) is 4.16. The first-order valence-electron chi connectivity index (χ1n) is 5.96. The maximum absolute atomic E-state index is 12.4. The number of aromatic hydroxyl groups is 1. The van der Waals surface area contributed by atoms with Crippen LogP contribution in [0.3, 0.4) is 0 Å². The Kier molecular flexibility index (Phi) is 2.57. The van der Waals surface area contributed by atoms with Crippen molar-refractivity contribution in [2.24, 2.45) is 0 Å². The first kappa shape index (κ1) is 12.3. The van der Waals surface area contributed by atoms with Crippen molar-refractivity contribution in [1.82, 2.24) is 0 Å². The largest absolute Gasteiger partial charge is 0.871 e. The van der Waals surface area contributed by atoms with Crippen molar-refractivity contribution in [3.8, 4) is 17.2 Å². The standard InChI is InChI=1S/C15H12O5/c1-7-3-10(16)14-12(20-7)5-8-4-9(19-2)6-11(17)13(8)15(14)18/h3-6,17-18H,1-2H3/p-1. The van der Waals surface area contributed by atoms with Crippen molar-refractivity contribution in [3.05, 3.63) is 40.2 Å². The lowest BCUT2D eigenvalue weighted by molar-refractivity contribution is -0.263. The van der Waals surface area contributed by atoms with E-state index in [-0.39, 0.29) is 22.1 Å². The topological polar surface area (TPSA) is 82.7 Å². The highest BCUT2D eigenvalue weighted by Gasteiger charge is 2.11. The van der Waals surface area contributed by atoms with E-state index in [4.69, 9.17) is 9.15 Å². The van der Waals surface area contributed by atoms with Crippen LogP contribution in [0.2, 0.25) is 0 Å². The zero-order valence-corrected chi connectivity index (χ0v) is 10.9. The van der Waals surface area contributed by atoms with Gasteiger partial charge in [0, 0.05) is 17.5 Å². The van der Waals surface area contributed by atoms with Crippen LogP contribution < -0.4 is 15.3 Å². The molecule has 0 saturated heterocycles. The quantitative estimate of drug-likeness (QED) is 0.685. The molecule has 1 heterocycles. The third-order valence-electron chi connectivity index (χ3n) is 3.20. The summed E-state index contributed by atoms with van der Waals surface area (Å²) < 4.78 is 10.5. The van der Waals surface area contributed by atoms with E-state index >= 15 is 0 Å². The SMILES string of the molecule is COc1cc(O)c2c([O-])c3c(=O)cc(C)oc3cc2c1. The molecule has 0 aliphatic carbocycles. The molecule has 0 atom stereocenters. The third kappa shape index (κ3) is 1.67. The van der Waals surface area contributed by atoms with E-state index < -0.39 is 11.2 Å². The van der Waals surface area contributed by atoms with Gasteiger partial charge in [0.05, 0.1) is 12.5 Å². The second-order valence-electron chi connectivity index (χ2n) is 4.54. The van der Waals surface area contributed by atoms with Gasteiger partial charge in [-0.3, -0.25) is 4.79 Å². The van der Waals surface area contributed by atoms with Crippen LogP contribution in [0, 0.1) is 6.92 Å². The van der Waals surface area contributed by atoms with Gasteiger partial charge in [-0.1, -0.05) is 5.75 Å². The molecule has 2 aromatic carbocycles. The molecule has 20 heavy (non-hydrogen) atoms. The average Bonchev–Trinajstić information content (AvgIpc) is 2.36. The number of aryl methyl sites for hydroxylation is 1. The fourth-order valence-electron chi connectivity index (χ4n) is 2.32. The van der Waals surface area contributed by atoms with Gasteiger partial charge in [0.2, 0.25) is 0 Å². The lowest BCUT2D eigenvalue weighted by Gasteiger charge is -2.16. The predicted octanol–water partition coefficient (Wildman–Crippen LogP) is 2.04. The van der Waals surface area contributed by atoms with Crippen LogP contribution in [0.15, 0.2) is 33.5 Å². The summed E-state index contributed by atoms with van der Waals surface area (Å²) in [6.07, 6.45) is 0. The summed E-state index contributed by atoms with van der Waals surface area (Å²) in [7, 11) is 1.46. The lowest BCUT2D eigenvalue weighted by atomic mass is 10.0. The molecule has 5 nitrogen and oxygen atoms in total. The molecule has 0 amide bonds. The Labute approximate surface area is 113 Å². The van der Waals surface area contributed by atoms with Gasteiger partial charge < -0.3 is 19.4 Å². The highest BCUT2D eigenvalue weighted by atomic mass is 16.5. The Bertz CT molecular complexity index is 892. The molecule has 3 aromatic rings. The molecule has 0 unspecified atom stereocenters. The predicted molar refractivity (Wildman–Crippen MR) is 72.4 cm³/mol. The van der Waals surface area contributed by atoms with E-state index in [2.05, 4.69) is 0 Å². The van der Waals surface area contributed by atoms with Crippen LogP contribution in [-0.4, -0.2) is 12.2 Å². The van der Waals surface area contributed by atoms with Crippen LogP contribution in [0.5, 0.6) is 17.2 Å². The fraction of sp³-hybridized carbons (Fsp3) is 0.133. The molecular formula is C15H11O5-. The van der Waals surface area contributed by atoms with E-state index in [0.717, 1.165) is 0 Å². The van der Waals surface area contributed by atoms with Crippen LogP contribution in [0.1, 0.15) is 5.76 Å². The number of ether oxygens (including phenoxy) is 1. The second-order valence-corrected chi connectivity index (χ2v) is 4.54. The van der Waals surface area contributed by atoms with E-state index in [1.165, 1.54) is 19.2 Å². The summed E-state index contributed by atoms with van der Waals surface area (Å²) in [6.45, 7) is 1.64. The number of fused-ring (bicyclic) bond motifs is 2. The Balaban J connectivity index is 2.57. The van der Waals surface area contributed by atoms with Gasteiger partial charge >= 0.3 is 0 Å². The van der Waals surface area contributed by atoms with Gasteiger partial charge in [-0.2, -0.15) is 0 Å². The van der Waals surface area contributed by atoms with Crippen molar-refractivity contribution in [3.63, 3.8) is 0 Å². The van der Waals surface area contributed by atoms with Crippen molar-refractivity contribution < 1.29 is 19.4 Å². The minimum absolute atomic E-state index is 0.0523. The maximum Gasteiger partial charge on any atom is 0.192 e. The number of phenols is 1. The summed E-state index contributed by atoms with van der Waals surface area (Å²) in [4.78, 5) is 11.9. The molecule has 3 rings (SSSR count). The smallest absolute Gasteiger partial charge is 0.192 e. The van der Waals surface area contributed by atoms with Crippen molar-refractivity contribution in [1.29, 1.82) is 0 Å². The number of hydrogen-bond donors (Lipinski definition) is 1. The number of hydrogen-bond acceptors (Lipinski definition) is 5. The molecule has 0 fully saturated rings. The van der Waals surface area contributed by atoms with E-state index in [9.17, 15) is 15.0 Å². The van der Waals surface area contributed by atoms with Crippen molar-refractivity contribution in [2.75, 3.05) is 7.11 Å². The molecule has 5 heteroatoms. The molecule has 0 radical (unpaired) electrons. The van der Waals surface area contributed by atoms with Crippen LogP contribution in [-0.2, 0) is 0 Å². The van der Waals surface area contributed by atoms with E-state index in [1.54, 1.807) is 19.1 Å². The van der Waals surface area contributed by atoms with Gasteiger partial charge in [0.1, 0.15) is 22.8 Å². The van der Waals surface area contributed by atoms with Gasteiger partial charge in [-0.05, 0) is 24.4 Å². The van der Waals surface area contributed by atoms with Gasteiger partial charge in [-0.25, -0.2) is 0 Å². The monoisotopic (exact) mass is 271 g/mol. The Morgan fingerprint density at radius 3 is 2.65 bits per heavy atom. The minimum atomic E-state index is -0.536. The van der Waals surface area contributed by atoms with Gasteiger partial charge in [-0.15, -0.1) is 0 Å². The van der Waals surface area contributed by atoms with E-state index in [1.807, 2.05) is 0 Å². The molecule has 0 aliphatic rings. The number of phenolic OH excluding ortho intramolecular Hbond substituents is 1. The summed E-state index contributed by atoms with van der Waals surface area (Å²) in [5.74, 6) is 0.0924. The van der Waals surface area contributed by atoms with Crippen molar-refractivity contribution >= 4 is 21.7 Å². The maximum atomic E-state index is 12.4. The molecule has 0 bridgehead atoms. The number of rotatable bonds is 1. The number of benzene rings is 2. The molecule has 0 spiro atoms. The minimum Gasteiger partial charge on any atom is -0.871 e. The van der Waals surface area contributed by atoms with Crippen molar-refractivity contribution in [2.45, 2.75) is 6.92 Å². The summed E-state index contributed by atoms with van der Waals surface area (Å²) in [5.41, 5.74) is -0.203. The van der Waals surface area contributed by atoms with Crippen LogP contribution in [0.4, 0.5) is 0 Å². The zero-order chi connectivity index (χ0) is 14.4. The Morgan fingerprint density at radius 1 is 1.20 bits per heavy atom. The molecule has 102 valence electrons. The molecule has 1 aromatic heterocycles. The highest BCUT2D eigenvalue weighted by Crippen LogP contribution is 2.38. The van der Waals surface area contributed by atoms with E-state index in [0.29, 0.717) is 16.9 Å². The molecule has 0 aliphatic heterocycles. The normalized spacial score (nSPS) is 11.1. The first-order chi connectivity index (χ1) is 9.51. The molecule has 1 N–H and O–H groups in total. The zero-order valence-electron chi connectivity index (χ0n) is 10.9. The van der Waals surface area contributed by atoms with Crippen LogP contribution in [0.25, 0.3) is 21.7 Å². The summed E-state index contributed by atoms with van der Waals surface area (Å²) in [6, 6.07) is 5.77. The summed E-state index contributed by atoms with van der Waals surface area (Å²) in [5, 5.41) is 22.8.